The van der Waals surface area contributed by atoms with Crippen LogP contribution in [0.1, 0.15) is 22.7 Å². The van der Waals surface area contributed by atoms with Gasteiger partial charge in [0.25, 0.3) is 0 Å². The third kappa shape index (κ3) is 3.00. The lowest BCUT2D eigenvalue weighted by Crippen LogP contribution is -2.30. The van der Waals surface area contributed by atoms with Crippen LogP contribution in [-0.4, -0.2) is 0 Å². The molecule has 2 nitrogen and oxygen atoms in total. The van der Waals surface area contributed by atoms with Crippen molar-refractivity contribution in [1.82, 2.24) is 5.43 Å². The Morgan fingerprint density at radius 3 is 2.50 bits per heavy atom. The van der Waals surface area contributed by atoms with E-state index in [4.69, 9.17) is 5.84 Å². The van der Waals surface area contributed by atoms with Crippen molar-refractivity contribution >= 4 is 0 Å². The molecule has 0 heterocycles. The molecule has 0 amide bonds. The van der Waals surface area contributed by atoms with E-state index in [1.807, 2.05) is 0 Å². The summed E-state index contributed by atoms with van der Waals surface area (Å²) in [6.45, 7) is 1.66. The third-order valence-corrected chi connectivity index (χ3v) is 3.22. The Kier molecular flexibility index (Phi) is 4.42. The van der Waals surface area contributed by atoms with Crippen molar-refractivity contribution in [3.05, 3.63) is 70.5 Å². The largest absolute Gasteiger partial charge is 0.271 e. The van der Waals surface area contributed by atoms with Gasteiger partial charge in [-0.1, -0.05) is 24.3 Å². The first-order valence-electron chi connectivity index (χ1n) is 6.18. The van der Waals surface area contributed by atoms with Gasteiger partial charge in [0.15, 0.2) is 11.6 Å². The van der Waals surface area contributed by atoms with Gasteiger partial charge in [0, 0.05) is 5.56 Å². The maximum Gasteiger partial charge on any atom is 0.159 e. The van der Waals surface area contributed by atoms with Crippen LogP contribution in [0.3, 0.4) is 0 Å². The second-order valence-electron chi connectivity index (χ2n) is 4.65. The summed E-state index contributed by atoms with van der Waals surface area (Å²) in [5.74, 6) is 3.27. The normalized spacial score (nSPS) is 12.4. The van der Waals surface area contributed by atoms with Crippen molar-refractivity contribution in [2.45, 2.75) is 19.4 Å². The number of hydrazine groups is 1. The topological polar surface area (TPSA) is 38.0 Å². The quantitative estimate of drug-likeness (QED) is 0.667. The fourth-order valence-electron chi connectivity index (χ4n) is 2.10. The number of hydrogen-bond donors (Lipinski definition) is 2. The number of nitrogens with two attached hydrogens (primary N) is 1. The third-order valence-electron chi connectivity index (χ3n) is 3.22. The fourth-order valence-corrected chi connectivity index (χ4v) is 2.10. The lowest BCUT2D eigenvalue weighted by molar-refractivity contribution is 0.494. The van der Waals surface area contributed by atoms with Crippen LogP contribution >= 0.6 is 0 Å². The molecule has 0 saturated heterocycles. The van der Waals surface area contributed by atoms with E-state index in [2.05, 4.69) is 5.43 Å². The predicted octanol–water partition coefficient (Wildman–Crippen LogP) is 3.16. The van der Waals surface area contributed by atoms with Gasteiger partial charge in [-0.3, -0.25) is 11.3 Å². The Balaban J connectivity index is 2.28. The van der Waals surface area contributed by atoms with E-state index in [9.17, 15) is 13.2 Å². The molecule has 3 N–H and O–H groups in total. The first kappa shape index (κ1) is 14.6. The van der Waals surface area contributed by atoms with Gasteiger partial charge in [-0.05, 0) is 36.6 Å². The van der Waals surface area contributed by atoms with E-state index in [0.717, 1.165) is 12.1 Å². The molecule has 0 aromatic heterocycles. The van der Waals surface area contributed by atoms with Gasteiger partial charge in [-0.25, -0.2) is 13.2 Å². The van der Waals surface area contributed by atoms with Gasteiger partial charge in [0.2, 0.25) is 0 Å². The molecule has 1 atom stereocenters. The van der Waals surface area contributed by atoms with E-state index in [0.29, 0.717) is 16.7 Å². The molecule has 0 aliphatic rings. The number of benzene rings is 2. The summed E-state index contributed by atoms with van der Waals surface area (Å²) in [7, 11) is 0. The van der Waals surface area contributed by atoms with Crippen molar-refractivity contribution < 1.29 is 13.2 Å². The highest BCUT2D eigenvalue weighted by molar-refractivity contribution is 5.29. The van der Waals surface area contributed by atoms with Crippen molar-refractivity contribution in [2.75, 3.05) is 0 Å². The lowest BCUT2D eigenvalue weighted by atomic mass is 9.97. The van der Waals surface area contributed by atoms with Crippen molar-refractivity contribution in [2.24, 2.45) is 5.84 Å². The van der Waals surface area contributed by atoms with Crippen LogP contribution in [0.25, 0.3) is 0 Å². The maximum atomic E-state index is 14.1. The molecule has 2 rings (SSSR count). The number of aryl methyl sites for hydroxylation is 1. The zero-order valence-corrected chi connectivity index (χ0v) is 11.0. The molecular weight excluding hydrogens is 265 g/mol. The summed E-state index contributed by atoms with van der Waals surface area (Å²) in [6, 6.07) is 8.08. The molecule has 0 aliphatic carbocycles. The molecule has 106 valence electrons. The smallest absolute Gasteiger partial charge is 0.159 e. The zero-order chi connectivity index (χ0) is 14.7. The molecule has 0 radical (unpaired) electrons. The van der Waals surface area contributed by atoms with Crippen molar-refractivity contribution in [3.63, 3.8) is 0 Å². The Morgan fingerprint density at radius 1 is 1.10 bits per heavy atom. The van der Waals surface area contributed by atoms with Crippen molar-refractivity contribution in [1.29, 1.82) is 0 Å². The van der Waals surface area contributed by atoms with Crippen molar-refractivity contribution in [3.8, 4) is 0 Å². The molecule has 0 saturated carbocycles. The number of halogens is 3. The lowest BCUT2D eigenvalue weighted by Gasteiger charge is -2.18. The van der Waals surface area contributed by atoms with E-state index in [1.54, 1.807) is 25.1 Å². The molecule has 0 aliphatic heterocycles. The molecule has 0 spiro atoms. The van der Waals surface area contributed by atoms with Crippen LogP contribution in [0.5, 0.6) is 0 Å². The number of nitrogens with one attached hydrogen (secondary N) is 1. The SMILES string of the molecule is Cc1cccc(C(Cc2ccc(F)c(F)c2)NN)c1F. The first-order valence-corrected chi connectivity index (χ1v) is 6.18. The van der Waals surface area contributed by atoms with Crippen LogP contribution in [0.2, 0.25) is 0 Å². The monoisotopic (exact) mass is 280 g/mol. The predicted molar refractivity (Wildman–Crippen MR) is 71.3 cm³/mol. The summed E-state index contributed by atoms with van der Waals surface area (Å²) in [5.41, 5.74) is 3.96. The van der Waals surface area contributed by atoms with Crippen LogP contribution in [0.4, 0.5) is 13.2 Å². The molecule has 1 unspecified atom stereocenters. The summed E-state index contributed by atoms with van der Waals surface area (Å²) < 4.78 is 40.1. The van der Waals surface area contributed by atoms with E-state index in [-0.39, 0.29) is 12.2 Å². The second kappa shape index (κ2) is 6.07. The summed E-state index contributed by atoms with van der Waals surface area (Å²) in [6.07, 6.45) is 0.258. The first-order chi connectivity index (χ1) is 9.52. The second-order valence-corrected chi connectivity index (χ2v) is 4.65. The van der Waals surface area contributed by atoms with Crippen LogP contribution in [-0.2, 0) is 6.42 Å². The molecule has 2 aromatic carbocycles. The standard InChI is InChI=1S/C15H15F3N2/c1-9-3-2-4-11(15(9)18)14(20-19)8-10-5-6-12(16)13(17)7-10/h2-7,14,20H,8,19H2,1H3. The Labute approximate surface area is 115 Å². The van der Waals surface area contributed by atoms with Gasteiger partial charge in [0.05, 0.1) is 6.04 Å². The summed E-state index contributed by atoms with van der Waals surface area (Å²) in [4.78, 5) is 0. The van der Waals surface area contributed by atoms with Gasteiger partial charge in [0.1, 0.15) is 5.82 Å². The van der Waals surface area contributed by atoms with E-state index >= 15 is 0 Å². The highest BCUT2D eigenvalue weighted by Gasteiger charge is 2.17. The zero-order valence-electron chi connectivity index (χ0n) is 11.0. The van der Waals surface area contributed by atoms with Crippen LogP contribution in [0, 0.1) is 24.4 Å². The number of hydrogen-bond acceptors (Lipinski definition) is 2. The molecule has 0 fully saturated rings. The van der Waals surface area contributed by atoms with E-state index < -0.39 is 17.7 Å². The van der Waals surface area contributed by atoms with Gasteiger partial charge in [-0.2, -0.15) is 0 Å². The fraction of sp³-hybridized carbons (Fsp3) is 0.200. The average Bonchev–Trinajstić information content (AvgIpc) is 2.43. The minimum Gasteiger partial charge on any atom is -0.271 e. The van der Waals surface area contributed by atoms with Gasteiger partial charge >= 0.3 is 0 Å². The van der Waals surface area contributed by atoms with Crippen LogP contribution in [0.15, 0.2) is 36.4 Å². The number of rotatable bonds is 4. The van der Waals surface area contributed by atoms with Crippen LogP contribution < -0.4 is 11.3 Å². The highest BCUT2D eigenvalue weighted by Crippen LogP contribution is 2.23. The Bertz CT molecular complexity index is 614. The minimum atomic E-state index is -0.928. The summed E-state index contributed by atoms with van der Waals surface area (Å²) >= 11 is 0. The molecular formula is C15H15F3N2. The minimum absolute atomic E-state index is 0.258. The Hall–Kier alpha value is -1.85. The average molecular weight is 280 g/mol. The molecule has 2 aromatic rings. The molecule has 5 heteroatoms. The van der Waals surface area contributed by atoms with Gasteiger partial charge < -0.3 is 0 Å². The van der Waals surface area contributed by atoms with E-state index in [1.165, 1.54) is 6.07 Å². The maximum absolute atomic E-state index is 14.1. The highest BCUT2D eigenvalue weighted by atomic mass is 19.2. The Morgan fingerprint density at radius 2 is 1.85 bits per heavy atom. The summed E-state index contributed by atoms with van der Waals surface area (Å²) in [5, 5.41) is 0. The molecule has 20 heavy (non-hydrogen) atoms. The molecule has 0 bridgehead atoms. The van der Waals surface area contributed by atoms with Gasteiger partial charge in [-0.15, -0.1) is 0 Å².